The van der Waals surface area contributed by atoms with Gasteiger partial charge in [0.1, 0.15) is 5.75 Å². The van der Waals surface area contributed by atoms with Crippen molar-refractivity contribution in [2.75, 3.05) is 26.2 Å². The van der Waals surface area contributed by atoms with Gasteiger partial charge in [0.15, 0.2) is 0 Å². The van der Waals surface area contributed by atoms with Gasteiger partial charge in [0.2, 0.25) is 0 Å². The van der Waals surface area contributed by atoms with E-state index in [1.807, 2.05) is 12.1 Å². The van der Waals surface area contributed by atoms with Crippen LogP contribution in [0, 0.1) is 5.92 Å². The summed E-state index contributed by atoms with van der Waals surface area (Å²) in [4.78, 5) is 0. The van der Waals surface area contributed by atoms with E-state index in [2.05, 4.69) is 29.7 Å². The molecule has 1 aromatic rings. The van der Waals surface area contributed by atoms with Gasteiger partial charge in [0.25, 0.3) is 0 Å². The van der Waals surface area contributed by atoms with Crippen molar-refractivity contribution >= 4 is 0 Å². The molecule has 2 atom stereocenters. The Kier molecular flexibility index (Phi) is 5.63. The molecule has 2 rings (SSSR count). The number of rotatable bonds is 7. The molecule has 0 amide bonds. The second-order valence-corrected chi connectivity index (χ2v) is 5.11. The predicted octanol–water partition coefficient (Wildman–Crippen LogP) is 1.15. The molecule has 1 aliphatic heterocycles. The topological polar surface area (TPSA) is 53.5 Å². The number of ether oxygens (including phenoxy) is 1. The molecule has 0 spiro atoms. The van der Waals surface area contributed by atoms with E-state index in [0.29, 0.717) is 12.5 Å². The van der Waals surface area contributed by atoms with Crippen LogP contribution in [0.1, 0.15) is 18.9 Å². The van der Waals surface area contributed by atoms with Crippen molar-refractivity contribution < 1.29 is 9.84 Å². The molecule has 1 fully saturated rings. The van der Waals surface area contributed by atoms with E-state index in [1.165, 1.54) is 5.56 Å². The average Bonchev–Trinajstić information content (AvgIpc) is 2.83. The van der Waals surface area contributed by atoms with E-state index >= 15 is 0 Å². The second kappa shape index (κ2) is 7.48. The van der Waals surface area contributed by atoms with Gasteiger partial charge in [-0.05, 0) is 24.1 Å². The Morgan fingerprint density at radius 1 is 1.42 bits per heavy atom. The zero-order valence-electron chi connectivity index (χ0n) is 11.6. The molecule has 4 nitrogen and oxygen atoms in total. The summed E-state index contributed by atoms with van der Waals surface area (Å²) in [5.41, 5.74) is 1.22. The van der Waals surface area contributed by atoms with Crippen LogP contribution in [-0.4, -0.2) is 37.5 Å². The lowest BCUT2D eigenvalue weighted by atomic mass is 10.1. The van der Waals surface area contributed by atoms with E-state index in [4.69, 9.17) is 4.74 Å². The van der Waals surface area contributed by atoms with E-state index in [0.717, 1.165) is 38.4 Å². The summed E-state index contributed by atoms with van der Waals surface area (Å²) < 4.78 is 5.61. The number of benzene rings is 1. The van der Waals surface area contributed by atoms with Gasteiger partial charge in [-0.15, -0.1) is 0 Å². The summed E-state index contributed by atoms with van der Waals surface area (Å²) in [6.07, 6.45) is 0.807. The fourth-order valence-electron chi connectivity index (χ4n) is 2.29. The van der Waals surface area contributed by atoms with Gasteiger partial charge in [-0.25, -0.2) is 0 Å². The van der Waals surface area contributed by atoms with Crippen LogP contribution in [0.3, 0.4) is 0 Å². The summed E-state index contributed by atoms with van der Waals surface area (Å²) in [7, 11) is 0. The van der Waals surface area contributed by atoms with Gasteiger partial charge in [-0.2, -0.15) is 0 Å². The van der Waals surface area contributed by atoms with Gasteiger partial charge in [-0.1, -0.05) is 19.1 Å². The van der Waals surface area contributed by atoms with Gasteiger partial charge in [-0.3, -0.25) is 0 Å². The van der Waals surface area contributed by atoms with Gasteiger partial charge in [0, 0.05) is 32.1 Å². The lowest BCUT2D eigenvalue weighted by Gasteiger charge is -2.14. The van der Waals surface area contributed by atoms with E-state index in [1.54, 1.807) is 0 Å². The van der Waals surface area contributed by atoms with E-state index in [-0.39, 0.29) is 6.10 Å². The maximum atomic E-state index is 9.70. The molecule has 1 aliphatic rings. The molecular formula is C15H24N2O2. The summed E-state index contributed by atoms with van der Waals surface area (Å²) in [5, 5.41) is 16.3. The Hall–Kier alpha value is -1.10. The molecule has 1 aromatic carbocycles. The van der Waals surface area contributed by atoms with Crippen molar-refractivity contribution in [1.29, 1.82) is 0 Å². The minimum atomic E-state index is -0.216. The van der Waals surface area contributed by atoms with Crippen molar-refractivity contribution in [3.8, 4) is 5.75 Å². The zero-order valence-corrected chi connectivity index (χ0v) is 11.6. The third-order valence-electron chi connectivity index (χ3n) is 3.41. The molecule has 19 heavy (non-hydrogen) atoms. The quantitative estimate of drug-likeness (QED) is 0.691. The summed E-state index contributed by atoms with van der Waals surface area (Å²) in [6.45, 7) is 6.13. The molecule has 4 heteroatoms. The molecule has 1 saturated heterocycles. The molecule has 0 bridgehead atoms. The van der Waals surface area contributed by atoms with Crippen molar-refractivity contribution in [2.24, 2.45) is 5.92 Å². The predicted molar refractivity (Wildman–Crippen MR) is 76.3 cm³/mol. The highest BCUT2D eigenvalue weighted by Crippen LogP contribution is 2.14. The number of hydrogen-bond acceptors (Lipinski definition) is 4. The molecule has 0 radical (unpaired) electrons. The number of nitrogens with one attached hydrogen (secondary N) is 2. The Labute approximate surface area is 115 Å². The zero-order chi connectivity index (χ0) is 13.5. The molecule has 2 unspecified atom stereocenters. The largest absolute Gasteiger partial charge is 0.494 e. The first-order valence-electron chi connectivity index (χ1n) is 7.11. The summed E-state index contributed by atoms with van der Waals surface area (Å²) in [5.74, 6) is 1.25. The highest BCUT2D eigenvalue weighted by atomic mass is 16.5. The fourth-order valence-corrected chi connectivity index (χ4v) is 2.29. The molecule has 3 N–H and O–H groups in total. The number of hydrogen-bond donors (Lipinski definition) is 3. The normalized spacial score (nSPS) is 22.6. The molecule has 0 aromatic heterocycles. The maximum absolute atomic E-state index is 9.70. The van der Waals surface area contributed by atoms with Crippen LogP contribution >= 0.6 is 0 Å². The minimum Gasteiger partial charge on any atom is -0.494 e. The first kappa shape index (κ1) is 14.3. The Bertz CT molecular complexity index is 384. The van der Waals surface area contributed by atoms with Crippen molar-refractivity contribution in [3.05, 3.63) is 29.8 Å². The molecular weight excluding hydrogens is 240 g/mol. The van der Waals surface area contributed by atoms with E-state index in [9.17, 15) is 5.11 Å². The Morgan fingerprint density at radius 2 is 2.32 bits per heavy atom. The van der Waals surface area contributed by atoms with Gasteiger partial charge in [0.05, 0.1) is 12.7 Å². The average molecular weight is 264 g/mol. The summed E-state index contributed by atoms with van der Waals surface area (Å²) in [6, 6.07) is 8.18. The van der Waals surface area contributed by atoms with Crippen LogP contribution in [0.15, 0.2) is 24.3 Å². The highest BCUT2D eigenvalue weighted by molar-refractivity contribution is 5.28. The molecule has 106 valence electrons. The van der Waals surface area contributed by atoms with Gasteiger partial charge < -0.3 is 20.5 Å². The van der Waals surface area contributed by atoms with E-state index < -0.39 is 0 Å². The second-order valence-electron chi connectivity index (χ2n) is 5.11. The first-order chi connectivity index (χ1) is 9.29. The third-order valence-corrected chi connectivity index (χ3v) is 3.41. The highest BCUT2D eigenvalue weighted by Gasteiger charge is 2.23. The third kappa shape index (κ3) is 4.49. The first-order valence-corrected chi connectivity index (χ1v) is 7.11. The van der Waals surface area contributed by atoms with Crippen molar-refractivity contribution in [1.82, 2.24) is 10.6 Å². The van der Waals surface area contributed by atoms with Crippen LogP contribution in [0.25, 0.3) is 0 Å². The number of aliphatic hydroxyl groups excluding tert-OH is 1. The Balaban J connectivity index is 1.75. The van der Waals surface area contributed by atoms with Gasteiger partial charge >= 0.3 is 0 Å². The number of β-amino-alcohol motifs (C(OH)–C–C–N with tert-alkyl or cyclic N) is 1. The van der Waals surface area contributed by atoms with Crippen LogP contribution < -0.4 is 15.4 Å². The molecule has 1 heterocycles. The smallest absolute Gasteiger partial charge is 0.119 e. The SMILES string of the molecule is CCCOc1cccc(CNCC2CNCC2O)c1. The summed E-state index contributed by atoms with van der Waals surface area (Å²) >= 11 is 0. The number of aliphatic hydroxyl groups is 1. The minimum absolute atomic E-state index is 0.216. The lowest BCUT2D eigenvalue weighted by Crippen LogP contribution is -2.30. The lowest BCUT2D eigenvalue weighted by molar-refractivity contribution is 0.146. The molecule has 0 saturated carbocycles. The monoisotopic (exact) mass is 264 g/mol. The Morgan fingerprint density at radius 3 is 3.05 bits per heavy atom. The van der Waals surface area contributed by atoms with Crippen molar-refractivity contribution in [3.63, 3.8) is 0 Å². The van der Waals surface area contributed by atoms with Crippen LogP contribution in [0.4, 0.5) is 0 Å². The van der Waals surface area contributed by atoms with Crippen LogP contribution in [-0.2, 0) is 6.54 Å². The standard InChI is InChI=1S/C15H24N2O2/c1-2-6-19-14-5-3-4-12(7-14)8-16-9-13-10-17-11-15(13)18/h3-5,7,13,15-18H,2,6,8-11H2,1H3. The fraction of sp³-hybridized carbons (Fsp3) is 0.600. The van der Waals surface area contributed by atoms with Crippen LogP contribution in [0.2, 0.25) is 0 Å². The molecule has 0 aliphatic carbocycles. The van der Waals surface area contributed by atoms with Crippen LogP contribution in [0.5, 0.6) is 5.75 Å². The maximum Gasteiger partial charge on any atom is 0.119 e. The van der Waals surface area contributed by atoms with Crippen molar-refractivity contribution in [2.45, 2.75) is 26.0 Å².